The molecule has 0 atom stereocenters. The number of aromatic nitrogens is 1. The number of rotatable bonds is 6. The fourth-order valence-corrected chi connectivity index (χ4v) is 6.27. The molecule has 0 bridgehead atoms. The van der Waals surface area contributed by atoms with Crippen LogP contribution in [0, 0.1) is 5.92 Å². The maximum absolute atomic E-state index is 11.7. The standard InChI is InChI=1S/C21H32N4O2S2/c1-23(29(2,26)27)18-9-7-17(8-10-18)11-12-24-13-15-25(16-14-24)21-19-5-3-4-6-20(19)28-22-21/h3-6,17-18H,7-16H2,1-2H3/t17-,18-. The molecule has 6 nitrogen and oxygen atoms in total. The molecule has 4 rings (SSSR count). The maximum atomic E-state index is 11.7. The molecule has 29 heavy (non-hydrogen) atoms. The molecule has 0 unspecified atom stereocenters. The lowest BCUT2D eigenvalue weighted by Crippen LogP contribution is -2.47. The van der Waals surface area contributed by atoms with Gasteiger partial charge in [0.25, 0.3) is 0 Å². The Labute approximate surface area is 178 Å². The van der Waals surface area contributed by atoms with E-state index in [1.165, 1.54) is 22.8 Å². The molecule has 1 aliphatic heterocycles. The first kappa shape index (κ1) is 21.0. The third-order valence-electron chi connectivity index (χ3n) is 6.74. The molecule has 2 heterocycles. The van der Waals surface area contributed by atoms with E-state index in [1.54, 1.807) is 22.9 Å². The Morgan fingerprint density at radius 2 is 1.79 bits per heavy atom. The van der Waals surface area contributed by atoms with E-state index >= 15 is 0 Å². The van der Waals surface area contributed by atoms with Gasteiger partial charge in [-0.3, -0.25) is 4.90 Å². The Kier molecular flexibility index (Phi) is 6.44. The second-order valence-electron chi connectivity index (χ2n) is 8.57. The summed E-state index contributed by atoms with van der Waals surface area (Å²) >= 11 is 1.59. The van der Waals surface area contributed by atoms with Gasteiger partial charge in [0.15, 0.2) is 0 Å². The van der Waals surface area contributed by atoms with Crippen LogP contribution in [0.5, 0.6) is 0 Å². The number of benzene rings is 1. The van der Waals surface area contributed by atoms with Crippen molar-refractivity contribution in [3.63, 3.8) is 0 Å². The molecule has 2 aliphatic rings. The second kappa shape index (κ2) is 8.88. The minimum Gasteiger partial charge on any atom is -0.353 e. The van der Waals surface area contributed by atoms with Gasteiger partial charge in [0.1, 0.15) is 5.82 Å². The SMILES string of the molecule is CN([C@H]1CC[C@H](CCN2CCN(c3nsc4ccccc34)CC2)CC1)S(C)(=O)=O. The summed E-state index contributed by atoms with van der Waals surface area (Å²) in [6.07, 6.45) is 6.84. The van der Waals surface area contributed by atoms with Crippen LogP contribution in [0.1, 0.15) is 32.1 Å². The van der Waals surface area contributed by atoms with Gasteiger partial charge in [-0.15, -0.1) is 0 Å². The van der Waals surface area contributed by atoms with Gasteiger partial charge < -0.3 is 4.90 Å². The number of piperazine rings is 1. The van der Waals surface area contributed by atoms with Crippen molar-refractivity contribution in [2.75, 3.05) is 50.9 Å². The van der Waals surface area contributed by atoms with Gasteiger partial charge >= 0.3 is 0 Å². The Morgan fingerprint density at radius 1 is 1.10 bits per heavy atom. The summed E-state index contributed by atoms with van der Waals surface area (Å²) in [6.45, 7) is 5.43. The molecule has 0 amide bonds. The van der Waals surface area contributed by atoms with Crippen molar-refractivity contribution in [3.8, 4) is 0 Å². The molecule has 0 radical (unpaired) electrons. The van der Waals surface area contributed by atoms with E-state index in [1.807, 2.05) is 0 Å². The van der Waals surface area contributed by atoms with Crippen LogP contribution in [0.3, 0.4) is 0 Å². The highest BCUT2D eigenvalue weighted by Crippen LogP contribution is 2.31. The van der Waals surface area contributed by atoms with Gasteiger partial charge in [0, 0.05) is 44.7 Å². The van der Waals surface area contributed by atoms with Crippen molar-refractivity contribution in [2.24, 2.45) is 5.92 Å². The molecule has 8 heteroatoms. The van der Waals surface area contributed by atoms with E-state index in [0.29, 0.717) is 0 Å². The molecular formula is C21H32N4O2S2. The van der Waals surface area contributed by atoms with Crippen molar-refractivity contribution in [3.05, 3.63) is 24.3 Å². The molecule has 1 aromatic carbocycles. The number of nitrogens with zero attached hydrogens (tertiary/aromatic N) is 4. The van der Waals surface area contributed by atoms with E-state index in [9.17, 15) is 8.42 Å². The van der Waals surface area contributed by atoms with Crippen LogP contribution in [0.2, 0.25) is 0 Å². The van der Waals surface area contributed by atoms with Gasteiger partial charge in [-0.05, 0) is 68.2 Å². The molecule has 1 saturated heterocycles. The fraction of sp³-hybridized carbons (Fsp3) is 0.667. The average Bonchev–Trinajstić information content (AvgIpc) is 3.16. The van der Waals surface area contributed by atoms with Crippen molar-refractivity contribution in [1.82, 2.24) is 13.6 Å². The van der Waals surface area contributed by atoms with E-state index in [-0.39, 0.29) is 6.04 Å². The van der Waals surface area contributed by atoms with E-state index in [0.717, 1.165) is 70.1 Å². The minimum atomic E-state index is -3.07. The highest BCUT2D eigenvalue weighted by molar-refractivity contribution is 7.88. The molecule has 1 saturated carbocycles. The van der Waals surface area contributed by atoms with E-state index in [4.69, 9.17) is 4.37 Å². The zero-order valence-electron chi connectivity index (χ0n) is 17.5. The van der Waals surface area contributed by atoms with Crippen LogP contribution in [-0.2, 0) is 10.0 Å². The summed E-state index contributed by atoms with van der Waals surface area (Å²) in [5, 5.41) is 1.28. The summed E-state index contributed by atoms with van der Waals surface area (Å²) in [4.78, 5) is 5.02. The first-order chi connectivity index (χ1) is 13.9. The Balaban J connectivity index is 1.21. The van der Waals surface area contributed by atoms with Crippen molar-refractivity contribution in [1.29, 1.82) is 0 Å². The number of hydrogen-bond acceptors (Lipinski definition) is 6. The Morgan fingerprint density at radius 3 is 2.48 bits per heavy atom. The van der Waals surface area contributed by atoms with Gasteiger partial charge in [-0.1, -0.05) is 12.1 Å². The first-order valence-electron chi connectivity index (χ1n) is 10.7. The Bertz CT molecular complexity index is 914. The number of sulfonamides is 1. The maximum Gasteiger partial charge on any atom is 0.211 e. The molecule has 0 spiro atoms. The van der Waals surface area contributed by atoms with Crippen LogP contribution in [0.25, 0.3) is 10.1 Å². The highest BCUT2D eigenvalue weighted by atomic mass is 32.2. The molecule has 2 aromatic rings. The summed E-state index contributed by atoms with van der Waals surface area (Å²) in [5.41, 5.74) is 0. The topological polar surface area (TPSA) is 56.8 Å². The Hall–Kier alpha value is -1.22. The summed E-state index contributed by atoms with van der Waals surface area (Å²) < 4.78 is 31.0. The van der Waals surface area contributed by atoms with E-state index in [2.05, 4.69) is 34.1 Å². The lowest BCUT2D eigenvalue weighted by molar-refractivity contribution is 0.194. The minimum absolute atomic E-state index is 0.192. The fourth-order valence-electron chi connectivity index (χ4n) is 4.72. The van der Waals surface area contributed by atoms with Crippen molar-refractivity contribution < 1.29 is 8.42 Å². The van der Waals surface area contributed by atoms with Crippen LogP contribution in [0.15, 0.2) is 24.3 Å². The van der Waals surface area contributed by atoms with Crippen molar-refractivity contribution in [2.45, 2.75) is 38.1 Å². The van der Waals surface area contributed by atoms with Crippen LogP contribution < -0.4 is 4.90 Å². The molecular weight excluding hydrogens is 404 g/mol. The lowest BCUT2D eigenvalue weighted by Gasteiger charge is -2.37. The van der Waals surface area contributed by atoms with Gasteiger partial charge in [0.05, 0.1) is 11.0 Å². The zero-order chi connectivity index (χ0) is 20.4. The number of anilines is 1. The van der Waals surface area contributed by atoms with E-state index < -0.39 is 10.0 Å². The van der Waals surface area contributed by atoms with Gasteiger partial charge in [-0.25, -0.2) is 12.7 Å². The smallest absolute Gasteiger partial charge is 0.211 e. The third-order valence-corrected chi connectivity index (χ3v) is 8.90. The zero-order valence-corrected chi connectivity index (χ0v) is 19.1. The lowest BCUT2D eigenvalue weighted by atomic mass is 9.84. The summed E-state index contributed by atoms with van der Waals surface area (Å²) in [5.74, 6) is 1.89. The molecule has 0 N–H and O–H groups in total. The quantitative estimate of drug-likeness (QED) is 0.696. The average molecular weight is 437 g/mol. The van der Waals surface area contributed by atoms with Crippen LogP contribution in [0.4, 0.5) is 5.82 Å². The van der Waals surface area contributed by atoms with Crippen molar-refractivity contribution >= 4 is 37.5 Å². The molecule has 160 valence electrons. The predicted molar refractivity (Wildman–Crippen MR) is 121 cm³/mol. The summed E-state index contributed by atoms with van der Waals surface area (Å²) in [6, 6.07) is 8.69. The summed E-state index contributed by atoms with van der Waals surface area (Å²) in [7, 11) is -1.34. The number of fused-ring (bicyclic) bond motifs is 1. The van der Waals surface area contributed by atoms with Crippen LogP contribution >= 0.6 is 11.5 Å². The third kappa shape index (κ3) is 4.93. The predicted octanol–water partition coefficient (Wildman–Crippen LogP) is 3.26. The highest BCUT2D eigenvalue weighted by Gasteiger charge is 2.28. The molecule has 1 aromatic heterocycles. The second-order valence-corrected chi connectivity index (χ2v) is 11.4. The molecule has 1 aliphatic carbocycles. The van der Waals surface area contributed by atoms with Crippen LogP contribution in [-0.4, -0.2) is 74.1 Å². The van der Waals surface area contributed by atoms with Gasteiger partial charge in [0.2, 0.25) is 10.0 Å². The monoisotopic (exact) mass is 436 g/mol. The first-order valence-corrected chi connectivity index (χ1v) is 13.3. The largest absolute Gasteiger partial charge is 0.353 e. The molecule has 2 fully saturated rings. The van der Waals surface area contributed by atoms with Gasteiger partial charge in [-0.2, -0.15) is 4.37 Å². The normalized spacial score (nSPS) is 24.4. The number of hydrogen-bond donors (Lipinski definition) is 0.